The molecule has 0 aliphatic rings. The number of hydrogen-bond acceptors (Lipinski definition) is 2. The second-order valence-electron chi connectivity index (χ2n) is 4.77. The Kier molecular flexibility index (Phi) is 5.55. The number of para-hydroxylation sites is 1. The predicted molar refractivity (Wildman–Crippen MR) is 76.9 cm³/mol. The minimum absolute atomic E-state index is 0.0696. The van der Waals surface area contributed by atoms with Gasteiger partial charge in [0.2, 0.25) is 11.8 Å². The Labute approximate surface area is 114 Å². The number of nitrogens with zero attached hydrogens (tertiary/aromatic N) is 1. The van der Waals surface area contributed by atoms with Crippen molar-refractivity contribution < 1.29 is 9.59 Å². The molecule has 4 heteroatoms. The standard InChI is InChI=1S/C15H22N2O2/c1-5-12(3)17(13(4)18)10-15(19)16-14-9-7-6-8-11(14)2/h6-9,12H,5,10H2,1-4H3,(H,16,19). The molecule has 0 aliphatic heterocycles. The Balaban J connectivity index is 2.68. The number of anilines is 1. The van der Waals surface area contributed by atoms with Crippen LogP contribution in [0.25, 0.3) is 0 Å². The molecule has 1 unspecified atom stereocenters. The molecule has 0 bridgehead atoms. The van der Waals surface area contributed by atoms with Gasteiger partial charge in [-0.1, -0.05) is 25.1 Å². The van der Waals surface area contributed by atoms with Gasteiger partial charge in [0.1, 0.15) is 6.54 Å². The van der Waals surface area contributed by atoms with E-state index in [2.05, 4.69) is 5.32 Å². The highest BCUT2D eigenvalue weighted by Gasteiger charge is 2.18. The fourth-order valence-electron chi connectivity index (χ4n) is 1.86. The normalized spacial score (nSPS) is 11.8. The summed E-state index contributed by atoms with van der Waals surface area (Å²) in [5.74, 6) is -0.237. The van der Waals surface area contributed by atoms with Crippen LogP contribution in [0.2, 0.25) is 0 Å². The third-order valence-electron chi connectivity index (χ3n) is 3.26. The van der Waals surface area contributed by atoms with Crippen LogP contribution < -0.4 is 5.32 Å². The molecular weight excluding hydrogens is 240 g/mol. The Hall–Kier alpha value is -1.84. The van der Waals surface area contributed by atoms with Crippen molar-refractivity contribution in [3.05, 3.63) is 29.8 Å². The summed E-state index contributed by atoms with van der Waals surface area (Å²) in [6.45, 7) is 7.47. The third-order valence-corrected chi connectivity index (χ3v) is 3.26. The molecule has 1 atom stereocenters. The molecule has 0 saturated carbocycles. The third kappa shape index (κ3) is 4.39. The van der Waals surface area contributed by atoms with Crippen molar-refractivity contribution in [3.8, 4) is 0 Å². The van der Waals surface area contributed by atoms with E-state index >= 15 is 0 Å². The van der Waals surface area contributed by atoms with E-state index in [0.717, 1.165) is 17.7 Å². The maximum Gasteiger partial charge on any atom is 0.244 e. The summed E-state index contributed by atoms with van der Waals surface area (Å²) in [6.07, 6.45) is 0.831. The Morgan fingerprint density at radius 2 is 1.95 bits per heavy atom. The van der Waals surface area contributed by atoms with Crippen molar-refractivity contribution in [3.63, 3.8) is 0 Å². The monoisotopic (exact) mass is 262 g/mol. The number of hydrogen-bond donors (Lipinski definition) is 1. The van der Waals surface area contributed by atoms with Crippen LogP contribution in [0.15, 0.2) is 24.3 Å². The topological polar surface area (TPSA) is 49.4 Å². The van der Waals surface area contributed by atoms with Gasteiger partial charge in [-0.05, 0) is 31.9 Å². The lowest BCUT2D eigenvalue weighted by molar-refractivity contribution is -0.134. The average Bonchev–Trinajstić information content (AvgIpc) is 2.37. The number of amides is 2. The fourth-order valence-corrected chi connectivity index (χ4v) is 1.86. The molecule has 104 valence electrons. The highest BCUT2D eigenvalue weighted by molar-refractivity contribution is 5.94. The molecule has 0 fully saturated rings. The minimum Gasteiger partial charge on any atom is -0.331 e. The molecule has 0 saturated heterocycles. The van der Waals surface area contributed by atoms with E-state index in [0.29, 0.717) is 0 Å². The summed E-state index contributed by atoms with van der Waals surface area (Å²) in [4.78, 5) is 25.1. The quantitative estimate of drug-likeness (QED) is 0.886. The molecule has 2 amide bonds. The number of nitrogens with one attached hydrogen (secondary N) is 1. The number of carbonyl (C=O) groups excluding carboxylic acids is 2. The molecule has 1 aromatic carbocycles. The van der Waals surface area contributed by atoms with Gasteiger partial charge in [0.25, 0.3) is 0 Å². The molecule has 0 aromatic heterocycles. The largest absolute Gasteiger partial charge is 0.331 e. The summed E-state index contributed by atoms with van der Waals surface area (Å²) in [5.41, 5.74) is 1.80. The molecule has 1 N–H and O–H groups in total. The summed E-state index contributed by atoms with van der Waals surface area (Å²) in [6, 6.07) is 7.66. The zero-order valence-electron chi connectivity index (χ0n) is 12.1. The van der Waals surface area contributed by atoms with E-state index in [1.807, 2.05) is 45.0 Å². The second-order valence-corrected chi connectivity index (χ2v) is 4.77. The molecule has 1 rings (SSSR count). The van der Waals surface area contributed by atoms with Crippen LogP contribution in [0.5, 0.6) is 0 Å². The summed E-state index contributed by atoms with van der Waals surface area (Å²) in [7, 11) is 0. The van der Waals surface area contributed by atoms with Crippen molar-refractivity contribution in [2.45, 2.75) is 40.2 Å². The Morgan fingerprint density at radius 1 is 1.32 bits per heavy atom. The summed E-state index contributed by atoms with van der Waals surface area (Å²) < 4.78 is 0. The molecule has 4 nitrogen and oxygen atoms in total. The molecular formula is C15H22N2O2. The van der Waals surface area contributed by atoms with Crippen LogP contribution in [0.4, 0.5) is 5.69 Å². The summed E-state index contributed by atoms with van der Waals surface area (Å²) >= 11 is 0. The number of benzene rings is 1. The first-order valence-corrected chi connectivity index (χ1v) is 6.58. The fraction of sp³-hybridized carbons (Fsp3) is 0.467. The van der Waals surface area contributed by atoms with Gasteiger partial charge in [-0.2, -0.15) is 0 Å². The van der Waals surface area contributed by atoms with Crippen LogP contribution in [0.3, 0.4) is 0 Å². The van der Waals surface area contributed by atoms with Crippen LogP contribution in [-0.4, -0.2) is 29.3 Å². The lowest BCUT2D eigenvalue weighted by Gasteiger charge is -2.26. The van der Waals surface area contributed by atoms with Gasteiger partial charge in [-0.25, -0.2) is 0 Å². The predicted octanol–water partition coefficient (Wildman–Crippen LogP) is 2.58. The second kappa shape index (κ2) is 6.92. The average molecular weight is 262 g/mol. The zero-order chi connectivity index (χ0) is 14.4. The number of aryl methyl sites for hydroxylation is 1. The van der Waals surface area contributed by atoms with Crippen LogP contribution in [0.1, 0.15) is 32.8 Å². The van der Waals surface area contributed by atoms with Gasteiger partial charge in [0.15, 0.2) is 0 Å². The lowest BCUT2D eigenvalue weighted by atomic mass is 10.2. The zero-order valence-corrected chi connectivity index (χ0v) is 12.1. The maximum atomic E-state index is 12.0. The van der Waals surface area contributed by atoms with Crippen molar-refractivity contribution >= 4 is 17.5 Å². The van der Waals surface area contributed by atoms with E-state index < -0.39 is 0 Å². The smallest absolute Gasteiger partial charge is 0.244 e. The van der Waals surface area contributed by atoms with Crippen LogP contribution >= 0.6 is 0 Å². The van der Waals surface area contributed by atoms with E-state index in [9.17, 15) is 9.59 Å². The first-order valence-electron chi connectivity index (χ1n) is 6.58. The van der Waals surface area contributed by atoms with Crippen LogP contribution in [0, 0.1) is 6.92 Å². The van der Waals surface area contributed by atoms with E-state index in [-0.39, 0.29) is 24.4 Å². The minimum atomic E-state index is -0.162. The van der Waals surface area contributed by atoms with Crippen LogP contribution in [-0.2, 0) is 9.59 Å². The molecule has 0 spiro atoms. The van der Waals surface area contributed by atoms with Gasteiger partial charge in [0, 0.05) is 18.7 Å². The molecule has 0 aliphatic carbocycles. The van der Waals surface area contributed by atoms with E-state index in [1.54, 1.807) is 4.90 Å². The maximum absolute atomic E-state index is 12.0. The highest BCUT2D eigenvalue weighted by Crippen LogP contribution is 2.13. The molecule has 19 heavy (non-hydrogen) atoms. The van der Waals surface area contributed by atoms with E-state index in [1.165, 1.54) is 6.92 Å². The van der Waals surface area contributed by atoms with Gasteiger partial charge in [-0.15, -0.1) is 0 Å². The molecule has 1 aromatic rings. The van der Waals surface area contributed by atoms with Gasteiger partial charge in [-0.3, -0.25) is 9.59 Å². The Bertz CT molecular complexity index is 457. The summed E-state index contributed by atoms with van der Waals surface area (Å²) in [5, 5.41) is 2.84. The van der Waals surface area contributed by atoms with E-state index in [4.69, 9.17) is 0 Å². The first-order chi connectivity index (χ1) is 8.95. The van der Waals surface area contributed by atoms with Crippen molar-refractivity contribution in [2.75, 3.05) is 11.9 Å². The molecule has 0 radical (unpaired) electrons. The SMILES string of the molecule is CCC(C)N(CC(=O)Nc1ccccc1C)C(C)=O. The van der Waals surface area contributed by atoms with Crippen molar-refractivity contribution in [1.82, 2.24) is 4.90 Å². The van der Waals surface area contributed by atoms with Gasteiger partial charge >= 0.3 is 0 Å². The number of rotatable bonds is 5. The first kappa shape index (κ1) is 15.2. The number of carbonyl (C=O) groups is 2. The van der Waals surface area contributed by atoms with Crippen molar-refractivity contribution in [2.24, 2.45) is 0 Å². The Morgan fingerprint density at radius 3 is 2.47 bits per heavy atom. The van der Waals surface area contributed by atoms with Crippen molar-refractivity contribution in [1.29, 1.82) is 0 Å². The van der Waals surface area contributed by atoms with Gasteiger partial charge < -0.3 is 10.2 Å². The highest BCUT2D eigenvalue weighted by atomic mass is 16.2. The molecule has 0 heterocycles. The lowest BCUT2D eigenvalue weighted by Crippen LogP contribution is -2.42. The van der Waals surface area contributed by atoms with Gasteiger partial charge in [0.05, 0.1) is 0 Å².